The first-order valence-corrected chi connectivity index (χ1v) is 8.76. The van der Waals surface area contributed by atoms with Crippen LogP contribution in [-0.2, 0) is 16.0 Å². The molecule has 0 saturated heterocycles. The van der Waals surface area contributed by atoms with E-state index < -0.39 is 5.92 Å². The quantitative estimate of drug-likeness (QED) is 0.428. The molecule has 25 heavy (non-hydrogen) atoms. The van der Waals surface area contributed by atoms with Crippen molar-refractivity contribution in [2.24, 2.45) is 5.92 Å². The molecule has 1 aromatic rings. The van der Waals surface area contributed by atoms with Crippen molar-refractivity contribution in [1.82, 2.24) is 25.4 Å². The van der Waals surface area contributed by atoms with E-state index in [1.807, 2.05) is 0 Å². The van der Waals surface area contributed by atoms with Crippen LogP contribution in [0.2, 0.25) is 0 Å². The van der Waals surface area contributed by atoms with Crippen molar-refractivity contribution in [3.05, 3.63) is 11.6 Å². The lowest BCUT2D eigenvalue weighted by Gasteiger charge is -2.19. The van der Waals surface area contributed by atoms with Gasteiger partial charge < -0.3 is 0 Å². The van der Waals surface area contributed by atoms with E-state index >= 15 is 0 Å². The number of anilines is 1. The number of aromatic nitrogens is 3. The van der Waals surface area contributed by atoms with Gasteiger partial charge in [0.25, 0.3) is 0 Å². The van der Waals surface area contributed by atoms with Gasteiger partial charge in [-0.25, -0.2) is 10.0 Å². The number of carbonyl (C=O) groups excluding carboxylic acids is 2. The highest BCUT2D eigenvalue weighted by Crippen LogP contribution is 2.15. The normalized spacial score (nSPS) is 19.8. The van der Waals surface area contributed by atoms with Crippen LogP contribution < -0.4 is 10.9 Å². The number of nitrogens with one attached hydrogen (secondary N) is 2. The number of nitrogens with zero attached hydrogens (tertiary/aromatic N) is 4. The zero-order valence-electron chi connectivity index (χ0n) is 14.6. The summed E-state index contributed by atoms with van der Waals surface area (Å²) in [5.74, 6) is 0.773. The summed E-state index contributed by atoms with van der Waals surface area (Å²) in [7, 11) is 0. The van der Waals surface area contributed by atoms with Crippen molar-refractivity contribution < 1.29 is 14.8 Å². The number of fused-ring (bicyclic) bond motifs is 2. The second-order valence-electron chi connectivity index (χ2n) is 6.32. The third-order valence-corrected chi connectivity index (χ3v) is 4.19. The third kappa shape index (κ3) is 6.61. The number of hydrogen-bond donors (Lipinski definition) is 3. The van der Waals surface area contributed by atoms with Crippen LogP contribution in [-0.4, -0.2) is 44.1 Å². The highest BCUT2D eigenvalue weighted by atomic mass is 16.5. The molecule has 2 bridgehead atoms. The Hall–Kier alpha value is -2.29. The first kappa shape index (κ1) is 19.0. The highest BCUT2D eigenvalue weighted by Gasteiger charge is 2.21. The molecule has 1 aliphatic heterocycles. The molecule has 0 fully saturated rings. The molecule has 1 aliphatic rings. The van der Waals surface area contributed by atoms with Gasteiger partial charge in [0.15, 0.2) is 0 Å². The van der Waals surface area contributed by atoms with Crippen molar-refractivity contribution in [1.29, 1.82) is 0 Å². The molecule has 0 unspecified atom stereocenters. The minimum atomic E-state index is -0.504. The van der Waals surface area contributed by atoms with Crippen molar-refractivity contribution in [3.8, 4) is 0 Å². The molecule has 2 rings (SSSR count). The second kappa shape index (κ2) is 9.87. The average Bonchev–Trinajstić information content (AvgIpc) is 2.59. The molecule has 0 aromatic carbocycles. The Morgan fingerprint density at radius 3 is 2.60 bits per heavy atom. The van der Waals surface area contributed by atoms with E-state index in [0.29, 0.717) is 35.5 Å². The highest BCUT2D eigenvalue weighted by molar-refractivity contribution is 5.80. The summed E-state index contributed by atoms with van der Waals surface area (Å²) < 4.78 is 0. The van der Waals surface area contributed by atoms with Crippen LogP contribution in [0.3, 0.4) is 0 Å². The van der Waals surface area contributed by atoms with Crippen LogP contribution in [0, 0.1) is 12.8 Å². The summed E-state index contributed by atoms with van der Waals surface area (Å²) in [6, 6.07) is 0. The molecule has 0 saturated carbocycles. The average molecular weight is 350 g/mol. The Morgan fingerprint density at radius 2 is 1.84 bits per heavy atom. The van der Waals surface area contributed by atoms with Crippen molar-refractivity contribution in [2.75, 3.05) is 12.0 Å². The van der Waals surface area contributed by atoms with Gasteiger partial charge in [-0.15, -0.1) is 0 Å². The Bertz CT molecular complexity index is 583. The Morgan fingerprint density at radius 1 is 1.12 bits per heavy atom. The van der Waals surface area contributed by atoms with Crippen LogP contribution in [0.15, 0.2) is 0 Å². The zero-order chi connectivity index (χ0) is 18.1. The van der Waals surface area contributed by atoms with Crippen LogP contribution in [0.1, 0.15) is 56.6 Å². The lowest BCUT2D eigenvalue weighted by molar-refractivity contribution is -0.154. The molecule has 0 spiro atoms. The van der Waals surface area contributed by atoms with Crippen molar-refractivity contribution >= 4 is 18.3 Å². The van der Waals surface area contributed by atoms with E-state index in [9.17, 15) is 14.8 Å². The van der Waals surface area contributed by atoms with Gasteiger partial charge in [0.1, 0.15) is 11.6 Å². The molecular weight excluding hydrogens is 324 g/mol. The number of hydroxylamine groups is 2. The lowest BCUT2D eigenvalue weighted by atomic mass is 9.99. The number of rotatable bonds is 3. The molecule has 1 aromatic heterocycles. The predicted octanol–water partition coefficient (Wildman–Crippen LogP) is 1.37. The second-order valence-corrected chi connectivity index (χ2v) is 6.32. The van der Waals surface area contributed by atoms with E-state index in [-0.39, 0.29) is 12.5 Å². The molecule has 0 aliphatic carbocycles. The van der Waals surface area contributed by atoms with Gasteiger partial charge in [-0.05, 0) is 19.8 Å². The summed E-state index contributed by atoms with van der Waals surface area (Å²) in [5.41, 5.74) is 5.29. The summed E-state index contributed by atoms with van der Waals surface area (Å²) in [6.07, 6.45) is 7.95. The SMILES string of the molecule is Cc1nc2nc(n1)NNC(=O)[C@@H](CN(O)C=O)CCCCCCCC2. The number of carbonyl (C=O) groups is 2. The predicted molar refractivity (Wildman–Crippen MR) is 90.4 cm³/mol. The smallest absolute Gasteiger partial charge is 0.245 e. The van der Waals surface area contributed by atoms with Gasteiger partial charge in [0.05, 0.1) is 12.5 Å². The summed E-state index contributed by atoms with van der Waals surface area (Å²) in [5, 5.41) is 9.92. The van der Waals surface area contributed by atoms with Crippen molar-refractivity contribution in [2.45, 2.75) is 58.3 Å². The molecule has 1 atom stereocenters. The van der Waals surface area contributed by atoms with Crippen LogP contribution in [0.4, 0.5) is 5.95 Å². The summed E-state index contributed by atoms with van der Waals surface area (Å²) in [4.78, 5) is 35.8. The molecule has 138 valence electrons. The maximum atomic E-state index is 12.4. The topological polar surface area (TPSA) is 120 Å². The zero-order valence-corrected chi connectivity index (χ0v) is 14.6. The Balaban J connectivity index is 2.09. The minimum absolute atomic E-state index is 0.0432. The molecule has 2 amide bonds. The van der Waals surface area contributed by atoms with E-state index in [4.69, 9.17) is 0 Å². The van der Waals surface area contributed by atoms with Gasteiger partial charge in [0.2, 0.25) is 18.3 Å². The largest absolute Gasteiger partial charge is 0.286 e. The Kier molecular flexibility index (Phi) is 7.52. The number of aryl methyl sites for hydroxylation is 2. The van der Waals surface area contributed by atoms with Gasteiger partial charge in [-0.2, -0.15) is 9.97 Å². The van der Waals surface area contributed by atoms with E-state index in [2.05, 4.69) is 25.8 Å². The molecular formula is C16H26N6O3. The van der Waals surface area contributed by atoms with Crippen LogP contribution in [0.5, 0.6) is 0 Å². The molecule has 9 heteroatoms. The van der Waals surface area contributed by atoms with Gasteiger partial charge in [-0.1, -0.05) is 32.1 Å². The van der Waals surface area contributed by atoms with E-state index in [1.54, 1.807) is 6.92 Å². The van der Waals surface area contributed by atoms with Gasteiger partial charge in [-0.3, -0.25) is 25.6 Å². The lowest BCUT2D eigenvalue weighted by Crippen LogP contribution is -2.40. The van der Waals surface area contributed by atoms with Crippen LogP contribution in [0.25, 0.3) is 0 Å². The maximum absolute atomic E-state index is 12.4. The van der Waals surface area contributed by atoms with E-state index in [0.717, 1.165) is 44.9 Å². The number of hydrogen-bond acceptors (Lipinski definition) is 7. The summed E-state index contributed by atoms with van der Waals surface area (Å²) >= 11 is 0. The van der Waals surface area contributed by atoms with Gasteiger partial charge >= 0.3 is 0 Å². The molecule has 9 nitrogen and oxygen atoms in total. The fourth-order valence-corrected chi connectivity index (χ4v) is 2.88. The minimum Gasteiger partial charge on any atom is -0.286 e. The fraction of sp³-hybridized carbons (Fsp3) is 0.688. The Labute approximate surface area is 147 Å². The fourth-order valence-electron chi connectivity index (χ4n) is 2.88. The number of hydrazine groups is 1. The molecule has 2 heterocycles. The molecule has 3 N–H and O–H groups in total. The first-order valence-electron chi connectivity index (χ1n) is 8.76. The standard InChI is InChI=1S/C16H26N6O3/c1-12-17-14-9-7-5-3-2-4-6-8-13(10-22(25)11-23)15(24)20-21-16(18-12)19-14/h11,13,25H,2-10H2,1H3,(H,20,24)(H,17,18,19,21)/t13-/m1/s1. The van der Waals surface area contributed by atoms with Crippen LogP contribution >= 0.6 is 0 Å². The maximum Gasteiger partial charge on any atom is 0.245 e. The monoisotopic (exact) mass is 350 g/mol. The molecule has 0 radical (unpaired) electrons. The first-order chi connectivity index (χ1) is 12.1. The van der Waals surface area contributed by atoms with Crippen molar-refractivity contribution in [3.63, 3.8) is 0 Å². The summed E-state index contributed by atoms with van der Waals surface area (Å²) in [6.45, 7) is 1.74. The number of amides is 2. The third-order valence-electron chi connectivity index (χ3n) is 4.19. The van der Waals surface area contributed by atoms with Gasteiger partial charge in [0, 0.05) is 6.42 Å². The van der Waals surface area contributed by atoms with E-state index in [1.165, 1.54) is 0 Å².